The molecule has 2 fully saturated rings. The molecule has 150 valence electrons. The molecule has 7 heteroatoms. The first kappa shape index (κ1) is 20.2. The maximum atomic E-state index is 13.0. The van der Waals surface area contributed by atoms with Crippen molar-refractivity contribution in [2.75, 3.05) is 0 Å². The highest BCUT2D eigenvalue weighted by Gasteiger charge is 2.71. The van der Waals surface area contributed by atoms with Crippen molar-refractivity contribution in [1.29, 1.82) is 0 Å². The van der Waals surface area contributed by atoms with E-state index < -0.39 is 15.2 Å². The highest BCUT2D eigenvalue weighted by Crippen LogP contribution is 2.58. The fourth-order valence-corrected chi connectivity index (χ4v) is 5.99. The van der Waals surface area contributed by atoms with Gasteiger partial charge in [-0.05, 0) is 40.9 Å². The smallest absolute Gasteiger partial charge is 0.330 e. The van der Waals surface area contributed by atoms with E-state index in [0.717, 1.165) is 11.1 Å². The zero-order valence-corrected chi connectivity index (χ0v) is 18.5. The molecule has 0 aromatic heterocycles. The summed E-state index contributed by atoms with van der Waals surface area (Å²) in [5.41, 5.74) is 1.83. The van der Waals surface area contributed by atoms with Crippen LogP contribution in [0.4, 0.5) is 0 Å². The first-order chi connectivity index (χ1) is 13.8. The van der Waals surface area contributed by atoms with E-state index in [9.17, 15) is 9.59 Å². The number of benzene rings is 2. The number of nitrogens with zero attached hydrogens (tertiary/aromatic N) is 2. The maximum absolute atomic E-state index is 13.0. The number of carbonyl (C=O) groups is 2. The van der Waals surface area contributed by atoms with Gasteiger partial charge in [0.1, 0.15) is 18.0 Å². The minimum absolute atomic E-state index is 0.190. The van der Waals surface area contributed by atoms with Crippen molar-refractivity contribution >= 4 is 45.8 Å². The number of halogens is 1. The lowest BCUT2D eigenvalue weighted by Gasteiger charge is -2.47. The number of thioether (sulfide) groups is 1. The molecular formula is C22H21BrN2O3S. The van der Waals surface area contributed by atoms with Crippen LogP contribution in [0.5, 0.6) is 0 Å². The molecule has 2 saturated heterocycles. The summed E-state index contributed by atoms with van der Waals surface area (Å²) in [5, 5.41) is -0.265. The molecule has 0 unspecified atom stereocenters. The Morgan fingerprint density at radius 2 is 1.79 bits per heavy atom. The molecule has 1 amide bonds. The molecule has 0 aliphatic carbocycles. The van der Waals surface area contributed by atoms with Crippen LogP contribution in [0, 0.1) is 0 Å². The van der Waals surface area contributed by atoms with Gasteiger partial charge in [0.15, 0.2) is 0 Å². The molecule has 2 aromatic carbocycles. The molecule has 2 aliphatic rings. The van der Waals surface area contributed by atoms with Crippen molar-refractivity contribution in [1.82, 2.24) is 4.90 Å². The Morgan fingerprint density at radius 1 is 1.17 bits per heavy atom. The van der Waals surface area contributed by atoms with Gasteiger partial charge in [-0.25, -0.2) is 4.79 Å². The summed E-state index contributed by atoms with van der Waals surface area (Å²) >= 11 is 5.10. The number of amides is 1. The molecule has 2 aliphatic heterocycles. The second kappa shape index (κ2) is 7.61. The van der Waals surface area contributed by atoms with E-state index in [0.29, 0.717) is 0 Å². The third-order valence-corrected chi connectivity index (χ3v) is 8.02. The Balaban J connectivity index is 1.50. The molecule has 0 N–H and O–H groups in total. The van der Waals surface area contributed by atoms with Gasteiger partial charge in [0.2, 0.25) is 4.45 Å². The third kappa shape index (κ3) is 3.62. The molecule has 0 radical (unpaired) electrons. The number of fused-ring (bicyclic) bond motifs is 1. The molecule has 0 bridgehead atoms. The number of rotatable bonds is 5. The highest BCUT2D eigenvalue weighted by atomic mass is 79.9. The van der Waals surface area contributed by atoms with E-state index in [-0.39, 0.29) is 23.9 Å². The lowest BCUT2D eigenvalue weighted by Crippen LogP contribution is -2.70. The topological polar surface area (TPSA) is 59.0 Å². The van der Waals surface area contributed by atoms with Crippen molar-refractivity contribution < 1.29 is 14.3 Å². The van der Waals surface area contributed by atoms with Gasteiger partial charge < -0.3 is 9.64 Å². The molecule has 0 spiro atoms. The maximum Gasteiger partial charge on any atom is 0.330 e. The fraction of sp³-hybridized carbons (Fsp3) is 0.318. The largest absolute Gasteiger partial charge is 0.459 e. The lowest BCUT2D eigenvalue weighted by atomic mass is 9.96. The molecule has 2 aromatic rings. The van der Waals surface area contributed by atoms with Gasteiger partial charge in [-0.3, -0.25) is 9.79 Å². The normalized spacial score (nSPS) is 27.6. The Morgan fingerprint density at radius 3 is 2.45 bits per heavy atom. The zero-order valence-electron chi connectivity index (χ0n) is 16.1. The Hall–Kier alpha value is -2.12. The van der Waals surface area contributed by atoms with Crippen molar-refractivity contribution in [3.63, 3.8) is 0 Å². The Bertz CT molecular complexity index is 951. The van der Waals surface area contributed by atoms with Crippen LogP contribution in [0.2, 0.25) is 0 Å². The predicted octanol–water partition coefficient (Wildman–Crippen LogP) is 4.00. The van der Waals surface area contributed by atoms with E-state index in [1.165, 1.54) is 0 Å². The quantitative estimate of drug-likeness (QED) is 0.217. The van der Waals surface area contributed by atoms with E-state index in [2.05, 4.69) is 20.9 Å². The molecular weight excluding hydrogens is 452 g/mol. The Labute approximate surface area is 182 Å². The van der Waals surface area contributed by atoms with Crippen molar-refractivity contribution in [2.24, 2.45) is 4.99 Å². The van der Waals surface area contributed by atoms with Gasteiger partial charge in [-0.15, -0.1) is 11.8 Å². The van der Waals surface area contributed by atoms with Gasteiger partial charge in [0.05, 0.1) is 0 Å². The molecule has 4 rings (SSSR count). The monoisotopic (exact) mass is 472 g/mol. The van der Waals surface area contributed by atoms with Crippen LogP contribution in [-0.2, 0) is 20.9 Å². The van der Waals surface area contributed by atoms with Gasteiger partial charge in [-0.2, -0.15) is 0 Å². The number of alkyl halides is 1. The van der Waals surface area contributed by atoms with Crippen molar-refractivity contribution in [3.8, 4) is 0 Å². The van der Waals surface area contributed by atoms with E-state index in [1.54, 1.807) is 22.9 Å². The van der Waals surface area contributed by atoms with Crippen LogP contribution in [-0.4, -0.2) is 43.6 Å². The van der Waals surface area contributed by atoms with Crippen molar-refractivity contribution in [2.45, 2.75) is 41.1 Å². The number of β-lactam (4-membered cyclic amide) rings is 1. The summed E-state index contributed by atoms with van der Waals surface area (Å²) in [6.45, 7) is 4.12. The van der Waals surface area contributed by atoms with Crippen LogP contribution in [0.15, 0.2) is 65.7 Å². The second-order valence-corrected chi connectivity index (χ2v) is 10.6. The number of aliphatic imine (C=N–C) groups is 1. The molecule has 2 heterocycles. The van der Waals surface area contributed by atoms with Crippen LogP contribution in [0.25, 0.3) is 0 Å². The molecule has 3 atom stereocenters. The summed E-state index contributed by atoms with van der Waals surface area (Å²) in [4.78, 5) is 32.0. The second-order valence-electron chi connectivity index (χ2n) is 7.62. The van der Waals surface area contributed by atoms with Crippen LogP contribution in [0.1, 0.15) is 25.0 Å². The van der Waals surface area contributed by atoms with Gasteiger partial charge in [0, 0.05) is 11.0 Å². The molecule has 0 saturated carbocycles. The zero-order chi connectivity index (χ0) is 20.6. The van der Waals surface area contributed by atoms with Gasteiger partial charge >= 0.3 is 5.97 Å². The summed E-state index contributed by atoms with van der Waals surface area (Å²) in [6.07, 6.45) is 1.69. The number of hydrogen-bond acceptors (Lipinski definition) is 5. The van der Waals surface area contributed by atoms with Gasteiger partial charge in [0.25, 0.3) is 5.91 Å². The van der Waals surface area contributed by atoms with Crippen LogP contribution < -0.4 is 0 Å². The average Bonchev–Trinajstić information content (AvgIpc) is 3.01. The van der Waals surface area contributed by atoms with E-state index in [1.807, 2.05) is 74.5 Å². The summed E-state index contributed by atoms with van der Waals surface area (Å²) in [5.74, 6) is -0.599. The molecule has 29 heavy (non-hydrogen) atoms. The summed E-state index contributed by atoms with van der Waals surface area (Å²) < 4.78 is 4.01. The van der Waals surface area contributed by atoms with Gasteiger partial charge in [-0.1, -0.05) is 60.7 Å². The SMILES string of the molecule is CC1(C)S[C@H]2N(C(=O)[C@@]2(Br)N=Cc2ccccc2)[C@H]1C(=O)OCc1ccccc1. The number of carbonyl (C=O) groups excluding carboxylic acids is 2. The number of ether oxygens (including phenoxy) is 1. The lowest BCUT2D eigenvalue weighted by molar-refractivity contribution is -0.164. The number of esters is 1. The first-order valence-electron chi connectivity index (χ1n) is 9.33. The minimum atomic E-state index is -1.06. The predicted molar refractivity (Wildman–Crippen MR) is 118 cm³/mol. The number of hydrogen-bond donors (Lipinski definition) is 0. The Kier molecular flexibility index (Phi) is 5.29. The highest BCUT2D eigenvalue weighted by molar-refractivity contribution is 9.10. The molecule has 5 nitrogen and oxygen atoms in total. The van der Waals surface area contributed by atoms with E-state index >= 15 is 0 Å². The van der Waals surface area contributed by atoms with Crippen LogP contribution in [0.3, 0.4) is 0 Å². The first-order valence-corrected chi connectivity index (χ1v) is 11.0. The van der Waals surface area contributed by atoms with Crippen molar-refractivity contribution in [3.05, 3.63) is 71.8 Å². The van der Waals surface area contributed by atoms with Crippen LogP contribution >= 0.6 is 27.7 Å². The summed E-state index contributed by atoms with van der Waals surface area (Å²) in [7, 11) is 0. The fourth-order valence-electron chi connectivity index (χ4n) is 3.62. The minimum Gasteiger partial charge on any atom is -0.459 e. The standard InChI is InChI=1S/C22H21BrN2O3S/c1-21(2)17(18(26)28-14-16-11-7-4-8-12-16)25-19(27)22(23,20(25)29-21)24-13-15-9-5-3-6-10-15/h3-13,17,20H,14H2,1-2H3/t17-,20+,22+/m0/s1. The summed E-state index contributed by atoms with van der Waals surface area (Å²) in [6, 6.07) is 18.5. The average molecular weight is 473 g/mol. The third-order valence-electron chi connectivity index (χ3n) is 5.11. The van der Waals surface area contributed by atoms with E-state index in [4.69, 9.17) is 4.74 Å².